The third kappa shape index (κ3) is 3.22. The molecule has 112 valence electrons. The summed E-state index contributed by atoms with van der Waals surface area (Å²) in [7, 11) is 3.17. The van der Waals surface area contributed by atoms with Gasteiger partial charge in [0, 0.05) is 6.04 Å². The Morgan fingerprint density at radius 3 is 2.43 bits per heavy atom. The standard InChI is InChI=1S/C15H17NO3S2/c1-9(2)16-14(17)13(21-15(16)20)8-10-5-6-11(18-3)12(7-10)19-4/h5-9H,1-4H3. The maximum Gasteiger partial charge on any atom is 0.266 e. The summed E-state index contributed by atoms with van der Waals surface area (Å²) in [4.78, 5) is 14.6. The van der Waals surface area contributed by atoms with Crippen LogP contribution in [0.1, 0.15) is 19.4 Å². The normalized spacial score (nSPS) is 17.0. The molecule has 4 nitrogen and oxygen atoms in total. The minimum absolute atomic E-state index is 0.0465. The third-order valence-electron chi connectivity index (χ3n) is 3.05. The van der Waals surface area contributed by atoms with Crippen LogP contribution < -0.4 is 9.47 Å². The molecular formula is C15H17NO3S2. The number of thioether (sulfide) groups is 1. The fraction of sp³-hybridized carbons (Fsp3) is 0.333. The molecule has 0 unspecified atom stereocenters. The maximum atomic E-state index is 12.3. The van der Waals surface area contributed by atoms with E-state index in [1.807, 2.05) is 38.1 Å². The highest BCUT2D eigenvalue weighted by molar-refractivity contribution is 8.26. The molecular weight excluding hydrogens is 306 g/mol. The number of thiocarbonyl (C=S) groups is 1. The van der Waals surface area contributed by atoms with Gasteiger partial charge in [0.1, 0.15) is 4.32 Å². The Bertz CT molecular complexity index is 611. The molecule has 1 amide bonds. The van der Waals surface area contributed by atoms with Gasteiger partial charge in [0.15, 0.2) is 11.5 Å². The molecule has 1 saturated heterocycles. The molecule has 0 aliphatic carbocycles. The summed E-state index contributed by atoms with van der Waals surface area (Å²) in [6.45, 7) is 3.90. The highest BCUT2D eigenvalue weighted by Crippen LogP contribution is 2.35. The fourth-order valence-corrected chi connectivity index (χ4v) is 3.54. The van der Waals surface area contributed by atoms with E-state index in [-0.39, 0.29) is 11.9 Å². The van der Waals surface area contributed by atoms with Gasteiger partial charge < -0.3 is 9.47 Å². The summed E-state index contributed by atoms with van der Waals surface area (Å²) in [5.41, 5.74) is 0.872. The molecule has 0 N–H and O–H groups in total. The van der Waals surface area contributed by atoms with Crippen LogP contribution in [-0.2, 0) is 4.79 Å². The van der Waals surface area contributed by atoms with E-state index in [1.165, 1.54) is 11.8 Å². The van der Waals surface area contributed by atoms with Crippen molar-refractivity contribution in [1.82, 2.24) is 4.90 Å². The van der Waals surface area contributed by atoms with E-state index in [4.69, 9.17) is 21.7 Å². The number of rotatable bonds is 4. The first-order chi connectivity index (χ1) is 9.97. The van der Waals surface area contributed by atoms with Crippen molar-refractivity contribution < 1.29 is 14.3 Å². The molecule has 0 aromatic heterocycles. The van der Waals surface area contributed by atoms with E-state index in [0.29, 0.717) is 20.7 Å². The van der Waals surface area contributed by atoms with Crippen molar-refractivity contribution in [2.24, 2.45) is 0 Å². The first kappa shape index (κ1) is 15.9. The zero-order valence-electron chi connectivity index (χ0n) is 12.4. The van der Waals surface area contributed by atoms with E-state index in [9.17, 15) is 4.79 Å². The Balaban J connectivity index is 2.32. The van der Waals surface area contributed by atoms with E-state index >= 15 is 0 Å². The van der Waals surface area contributed by atoms with Crippen molar-refractivity contribution in [2.45, 2.75) is 19.9 Å². The van der Waals surface area contributed by atoms with Gasteiger partial charge in [0.2, 0.25) is 0 Å². The van der Waals surface area contributed by atoms with Crippen LogP contribution in [0.3, 0.4) is 0 Å². The number of methoxy groups -OCH3 is 2. The van der Waals surface area contributed by atoms with Gasteiger partial charge in [-0.15, -0.1) is 0 Å². The number of nitrogens with zero attached hydrogens (tertiary/aromatic N) is 1. The first-order valence-corrected chi connectivity index (χ1v) is 7.69. The summed E-state index contributed by atoms with van der Waals surface area (Å²) in [5, 5.41) is 0. The second kappa shape index (κ2) is 6.49. The summed E-state index contributed by atoms with van der Waals surface area (Å²) in [6.07, 6.45) is 1.82. The zero-order chi connectivity index (χ0) is 15.6. The number of hydrogen-bond donors (Lipinski definition) is 0. The molecule has 0 bridgehead atoms. The van der Waals surface area contributed by atoms with Crippen LogP contribution >= 0.6 is 24.0 Å². The van der Waals surface area contributed by atoms with Gasteiger partial charge in [-0.2, -0.15) is 0 Å². The Morgan fingerprint density at radius 1 is 1.24 bits per heavy atom. The largest absolute Gasteiger partial charge is 0.493 e. The van der Waals surface area contributed by atoms with Gasteiger partial charge in [-0.3, -0.25) is 9.69 Å². The summed E-state index contributed by atoms with van der Waals surface area (Å²) in [5.74, 6) is 1.24. The molecule has 0 saturated carbocycles. The lowest BCUT2D eigenvalue weighted by Gasteiger charge is -2.18. The molecule has 0 atom stereocenters. The van der Waals surface area contributed by atoms with E-state index in [2.05, 4.69) is 0 Å². The average molecular weight is 323 g/mol. The van der Waals surface area contributed by atoms with Gasteiger partial charge in [-0.1, -0.05) is 30.0 Å². The number of ether oxygens (including phenoxy) is 2. The molecule has 1 aliphatic rings. The van der Waals surface area contributed by atoms with E-state index < -0.39 is 0 Å². The smallest absolute Gasteiger partial charge is 0.266 e. The Labute approximate surface area is 134 Å². The molecule has 1 heterocycles. The monoisotopic (exact) mass is 323 g/mol. The van der Waals surface area contributed by atoms with E-state index in [1.54, 1.807) is 19.1 Å². The number of amides is 1. The molecule has 0 radical (unpaired) electrons. The minimum Gasteiger partial charge on any atom is -0.493 e. The number of hydrogen-bond acceptors (Lipinski definition) is 5. The highest BCUT2D eigenvalue weighted by atomic mass is 32.2. The van der Waals surface area contributed by atoms with Gasteiger partial charge in [0.25, 0.3) is 5.91 Å². The predicted molar refractivity (Wildman–Crippen MR) is 89.7 cm³/mol. The second-order valence-electron chi connectivity index (χ2n) is 4.76. The molecule has 1 fully saturated rings. The number of carbonyl (C=O) groups is 1. The van der Waals surface area contributed by atoms with Gasteiger partial charge in [-0.05, 0) is 37.6 Å². The lowest BCUT2D eigenvalue weighted by atomic mass is 10.2. The molecule has 2 rings (SSSR count). The Morgan fingerprint density at radius 2 is 1.90 bits per heavy atom. The van der Waals surface area contributed by atoms with Crippen molar-refractivity contribution in [3.8, 4) is 11.5 Å². The maximum absolute atomic E-state index is 12.3. The molecule has 1 aromatic carbocycles. The van der Waals surface area contributed by atoms with E-state index in [0.717, 1.165) is 5.56 Å². The molecule has 1 aliphatic heterocycles. The SMILES string of the molecule is COc1ccc(C=C2SC(=S)N(C(C)C)C2=O)cc1OC. The Hall–Kier alpha value is -1.53. The second-order valence-corrected chi connectivity index (χ2v) is 6.44. The van der Waals surface area contributed by atoms with Crippen molar-refractivity contribution in [1.29, 1.82) is 0 Å². The van der Waals surface area contributed by atoms with Crippen LogP contribution in [0, 0.1) is 0 Å². The first-order valence-electron chi connectivity index (χ1n) is 6.47. The average Bonchev–Trinajstić information content (AvgIpc) is 2.73. The van der Waals surface area contributed by atoms with Crippen molar-refractivity contribution >= 4 is 40.3 Å². The van der Waals surface area contributed by atoms with Gasteiger partial charge in [0.05, 0.1) is 19.1 Å². The number of benzene rings is 1. The molecule has 0 spiro atoms. The lowest BCUT2D eigenvalue weighted by Crippen LogP contribution is -2.34. The van der Waals surface area contributed by atoms with Gasteiger partial charge in [-0.25, -0.2) is 0 Å². The minimum atomic E-state index is -0.0465. The van der Waals surface area contributed by atoms with Crippen molar-refractivity contribution in [2.75, 3.05) is 14.2 Å². The fourth-order valence-electron chi connectivity index (χ4n) is 2.02. The topological polar surface area (TPSA) is 38.8 Å². The summed E-state index contributed by atoms with van der Waals surface area (Å²) in [6, 6.07) is 5.59. The van der Waals surface area contributed by atoms with Crippen LogP contribution in [0.5, 0.6) is 11.5 Å². The number of carbonyl (C=O) groups excluding carboxylic acids is 1. The van der Waals surface area contributed by atoms with Crippen LogP contribution in [0.25, 0.3) is 6.08 Å². The lowest BCUT2D eigenvalue weighted by molar-refractivity contribution is -0.123. The quantitative estimate of drug-likeness (QED) is 0.628. The van der Waals surface area contributed by atoms with Crippen LogP contribution in [0.2, 0.25) is 0 Å². The van der Waals surface area contributed by atoms with Crippen molar-refractivity contribution in [3.05, 3.63) is 28.7 Å². The summed E-state index contributed by atoms with van der Waals surface area (Å²) >= 11 is 6.58. The predicted octanol–water partition coefficient (Wildman–Crippen LogP) is 3.31. The Kier molecular flexibility index (Phi) is 4.90. The van der Waals surface area contributed by atoms with Crippen LogP contribution in [0.15, 0.2) is 23.1 Å². The zero-order valence-corrected chi connectivity index (χ0v) is 14.0. The van der Waals surface area contributed by atoms with Crippen molar-refractivity contribution in [3.63, 3.8) is 0 Å². The third-order valence-corrected chi connectivity index (χ3v) is 4.38. The molecule has 21 heavy (non-hydrogen) atoms. The van der Waals surface area contributed by atoms with Gasteiger partial charge >= 0.3 is 0 Å². The molecule has 1 aromatic rings. The highest BCUT2D eigenvalue weighted by Gasteiger charge is 2.33. The summed E-state index contributed by atoms with van der Waals surface area (Å²) < 4.78 is 11.1. The van der Waals surface area contributed by atoms with Crippen LogP contribution in [0.4, 0.5) is 0 Å². The molecule has 6 heteroatoms. The van der Waals surface area contributed by atoms with Crippen LogP contribution in [-0.4, -0.2) is 35.4 Å².